The van der Waals surface area contributed by atoms with Crippen LogP contribution in [-0.4, -0.2) is 23.8 Å². The van der Waals surface area contributed by atoms with Crippen LogP contribution in [0.25, 0.3) is 0 Å². The summed E-state index contributed by atoms with van der Waals surface area (Å²) in [4.78, 5) is 11.9. The number of thiocarbonyl (C=S) groups is 1. The first-order chi connectivity index (χ1) is 11.5. The number of benzene rings is 2. The van der Waals surface area contributed by atoms with Crippen LogP contribution in [0, 0.1) is 0 Å². The molecule has 1 amide bonds. The van der Waals surface area contributed by atoms with Crippen molar-refractivity contribution in [3.63, 3.8) is 0 Å². The van der Waals surface area contributed by atoms with E-state index in [1.807, 2.05) is 0 Å². The second kappa shape index (κ2) is 8.60. The van der Waals surface area contributed by atoms with Crippen molar-refractivity contribution in [2.75, 3.05) is 17.7 Å². The van der Waals surface area contributed by atoms with E-state index in [1.165, 1.54) is 0 Å². The standard InChI is InChI=1S/C16H15F2N3OS2/c1-19-14(22)10-2-4-11(5-3-10)20-16(23)21-12-6-8-13(9-7-12)24-15(17)18/h2-9,15H,1H3,(H,19,22)(H2,20,21,23). The summed E-state index contributed by atoms with van der Waals surface area (Å²) < 4.78 is 24.5. The molecule has 0 unspecified atom stereocenters. The minimum Gasteiger partial charge on any atom is -0.355 e. The highest BCUT2D eigenvalue weighted by Crippen LogP contribution is 2.26. The van der Waals surface area contributed by atoms with Crippen LogP contribution >= 0.6 is 24.0 Å². The van der Waals surface area contributed by atoms with Crippen LogP contribution in [0.5, 0.6) is 0 Å². The van der Waals surface area contributed by atoms with Crippen molar-refractivity contribution in [2.45, 2.75) is 10.7 Å². The van der Waals surface area contributed by atoms with E-state index < -0.39 is 5.76 Å². The smallest absolute Gasteiger partial charge is 0.288 e. The molecule has 0 aromatic heterocycles. The molecule has 0 aliphatic heterocycles. The molecule has 0 saturated carbocycles. The van der Waals surface area contributed by atoms with Crippen molar-refractivity contribution in [3.05, 3.63) is 54.1 Å². The van der Waals surface area contributed by atoms with Crippen molar-refractivity contribution in [2.24, 2.45) is 0 Å². The fourth-order valence-electron chi connectivity index (χ4n) is 1.86. The molecule has 3 N–H and O–H groups in total. The molecule has 2 aromatic rings. The van der Waals surface area contributed by atoms with Crippen LogP contribution in [0.3, 0.4) is 0 Å². The maximum atomic E-state index is 12.3. The summed E-state index contributed by atoms with van der Waals surface area (Å²) in [5.74, 6) is -2.60. The zero-order valence-electron chi connectivity index (χ0n) is 12.7. The third kappa shape index (κ3) is 5.47. The molecular weight excluding hydrogens is 352 g/mol. The largest absolute Gasteiger partial charge is 0.355 e. The number of amides is 1. The predicted octanol–water partition coefficient (Wildman–Crippen LogP) is 4.17. The molecule has 0 radical (unpaired) electrons. The van der Waals surface area contributed by atoms with E-state index >= 15 is 0 Å². The summed E-state index contributed by atoms with van der Waals surface area (Å²) in [6.07, 6.45) is 0. The molecule has 0 heterocycles. The van der Waals surface area contributed by atoms with Crippen LogP contribution in [0.4, 0.5) is 20.2 Å². The van der Waals surface area contributed by atoms with Gasteiger partial charge in [-0.15, -0.1) is 0 Å². The molecule has 4 nitrogen and oxygen atoms in total. The molecule has 0 atom stereocenters. The van der Waals surface area contributed by atoms with Crippen molar-refractivity contribution in [1.82, 2.24) is 5.32 Å². The first-order valence-electron chi connectivity index (χ1n) is 6.93. The lowest BCUT2D eigenvalue weighted by Crippen LogP contribution is -2.20. The Morgan fingerprint density at radius 3 is 1.96 bits per heavy atom. The Bertz CT molecular complexity index is 706. The highest BCUT2D eigenvalue weighted by Gasteiger charge is 2.06. The Morgan fingerprint density at radius 2 is 1.50 bits per heavy atom. The minimum atomic E-state index is -2.44. The number of alkyl halides is 2. The van der Waals surface area contributed by atoms with Crippen LogP contribution in [-0.2, 0) is 0 Å². The van der Waals surface area contributed by atoms with E-state index in [4.69, 9.17) is 12.2 Å². The van der Waals surface area contributed by atoms with E-state index in [0.29, 0.717) is 33.0 Å². The third-order valence-electron chi connectivity index (χ3n) is 2.97. The SMILES string of the molecule is CNC(=O)c1ccc(NC(=S)Nc2ccc(SC(F)F)cc2)cc1. The first-order valence-corrected chi connectivity index (χ1v) is 8.22. The average Bonchev–Trinajstić information content (AvgIpc) is 2.56. The summed E-state index contributed by atoms with van der Waals surface area (Å²) in [6, 6.07) is 13.4. The Kier molecular flexibility index (Phi) is 6.51. The fourth-order valence-corrected chi connectivity index (χ4v) is 2.60. The maximum absolute atomic E-state index is 12.3. The molecule has 0 spiro atoms. The van der Waals surface area contributed by atoms with Crippen LogP contribution in [0.1, 0.15) is 10.4 Å². The summed E-state index contributed by atoms with van der Waals surface area (Å²) in [6.45, 7) is 0. The Morgan fingerprint density at radius 1 is 1.00 bits per heavy atom. The Hall–Kier alpha value is -2.19. The van der Waals surface area contributed by atoms with Crippen LogP contribution < -0.4 is 16.0 Å². The lowest BCUT2D eigenvalue weighted by Gasteiger charge is -2.11. The van der Waals surface area contributed by atoms with Crippen molar-refractivity contribution < 1.29 is 13.6 Å². The van der Waals surface area contributed by atoms with Gasteiger partial charge in [0.15, 0.2) is 5.11 Å². The van der Waals surface area contributed by atoms with Gasteiger partial charge in [-0.3, -0.25) is 4.79 Å². The van der Waals surface area contributed by atoms with Gasteiger partial charge in [0.25, 0.3) is 11.7 Å². The van der Waals surface area contributed by atoms with Gasteiger partial charge in [0.05, 0.1) is 0 Å². The van der Waals surface area contributed by atoms with Gasteiger partial charge in [-0.2, -0.15) is 8.78 Å². The number of hydrogen-bond donors (Lipinski definition) is 3. The van der Waals surface area contributed by atoms with Gasteiger partial charge < -0.3 is 16.0 Å². The number of rotatable bonds is 5. The zero-order valence-corrected chi connectivity index (χ0v) is 14.3. The molecule has 2 aromatic carbocycles. The number of thioether (sulfide) groups is 1. The summed E-state index contributed by atoms with van der Waals surface area (Å²) in [5.41, 5.74) is 1.96. The van der Waals surface area contributed by atoms with Gasteiger partial charge in [-0.1, -0.05) is 11.8 Å². The van der Waals surface area contributed by atoms with E-state index in [1.54, 1.807) is 55.6 Å². The number of carbonyl (C=O) groups is 1. The van der Waals surface area contributed by atoms with E-state index in [2.05, 4.69) is 16.0 Å². The second-order valence-corrected chi connectivity index (χ2v) is 6.11. The third-order valence-corrected chi connectivity index (χ3v) is 3.90. The van der Waals surface area contributed by atoms with Crippen molar-refractivity contribution in [3.8, 4) is 0 Å². The molecule has 0 aliphatic rings. The molecule has 2 rings (SSSR count). The number of carbonyl (C=O) groups excluding carboxylic acids is 1. The van der Waals surface area contributed by atoms with Gasteiger partial charge >= 0.3 is 0 Å². The monoisotopic (exact) mass is 367 g/mol. The Labute approximate surface area is 148 Å². The minimum absolute atomic E-state index is 0.163. The fraction of sp³-hybridized carbons (Fsp3) is 0.125. The van der Waals surface area contributed by atoms with Crippen molar-refractivity contribution in [1.29, 1.82) is 0 Å². The average molecular weight is 367 g/mol. The lowest BCUT2D eigenvalue weighted by atomic mass is 10.2. The maximum Gasteiger partial charge on any atom is 0.288 e. The number of halogens is 2. The molecule has 24 heavy (non-hydrogen) atoms. The van der Waals surface area contributed by atoms with E-state index in [0.717, 1.165) is 5.69 Å². The molecular formula is C16H15F2N3OS2. The summed E-state index contributed by atoms with van der Waals surface area (Å²) in [5, 5.41) is 8.85. The summed E-state index contributed by atoms with van der Waals surface area (Å²) >= 11 is 5.69. The second-order valence-electron chi connectivity index (χ2n) is 4.64. The highest BCUT2D eigenvalue weighted by molar-refractivity contribution is 7.99. The van der Waals surface area contributed by atoms with E-state index in [-0.39, 0.29) is 5.91 Å². The lowest BCUT2D eigenvalue weighted by molar-refractivity contribution is 0.0963. The highest BCUT2D eigenvalue weighted by atomic mass is 32.2. The van der Waals surface area contributed by atoms with Gasteiger partial charge in [0.1, 0.15) is 0 Å². The molecule has 0 saturated heterocycles. The molecule has 126 valence electrons. The predicted molar refractivity (Wildman–Crippen MR) is 98.0 cm³/mol. The number of nitrogens with one attached hydrogen (secondary N) is 3. The molecule has 0 aliphatic carbocycles. The zero-order chi connectivity index (χ0) is 17.5. The Balaban J connectivity index is 1.92. The van der Waals surface area contributed by atoms with Crippen molar-refractivity contribution >= 4 is 46.4 Å². The summed E-state index contributed by atoms with van der Waals surface area (Å²) in [7, 11) is 1.57. The van der Waals surface area contributed by atoms with Crippen LogP contribution in [0.15, 0.2) is 53.4 Å². The normalized spacial score (nSPS) is 10.3. The number of hydrogen-bond acceptors (Lipinski definition) is 3. The molecule has 0 fully saturated rings. The van der Waals surface area contributed by atoms with Gasteiger partial charge in [0.2, 0.25) is 0 Å². The van der Waals surface area contributed by atoms with Gasteiger partial charge in [-0.25, -0.2) is 0 Å². The van der Waals surface area contributed by atoms with Gasteiger partial charge in [0, 0.05) is 28.9 Å². The first kappa shape index (κ1) is 18.2. The molecule has 8 heteroatoms. The number of anilines is 2. The van der Waals surface area contributed by atoms with E-state index in [9.17, 15) is 13.6 Å². The van der Waals surface area contributed by atoms with Crippen LogP contribution in [0.2, 0.25) is 0 Å². The molecule has 0 bridgehead atoms. The van der Waals surface area contributed by atoms with Gasteiger partial charge in [-0.05, 0) is 60.7 Å². The topological polar surface area (TPSA) is 53.2 Å². The quantitative estimate of drug-likeness (QED) is 0.547.